The number of aromatic nitrogens is 2. The van der Waals surface area contributed by atoms with Crippen molar-refractivity contribution in [1.82, 2.24) is 15.1 Å². The fourth-order valence-corrected chi connectivity index (χ4v) is 2.64. The van der Waals surface area contributed by atoms with Crippen molar-refractivity contribution in [3.05, 3.63) is 43.6 Å². The molecule has 8 heteroatoms. The average molecular weight is 383 g/mol. The van der Waals surface area contributed by atoms with E-state index >= 15 is 0 Å². The largest absolute Gasteiger partial charge is 0.355 e. The van der Waals surface area contributed by atoms with Gasteiger partial charge in [-0.05, 0) is 28.1 Å². The second-order valence-corrected chi connectivity index (χ2v) is 5.45. The topological polar surface area (TPSA) is 46.9 Å². The van der Waals surface area contributed by atoms with Crippen molar-refractivity contribution in [1.29, 1.82) is 0 Å². The highest BCUT2D eigenvalue weighted by molar-refractivity contribution is 9.10. The zero-order chi connectivity index (χ0) is 14.2. The Kier molecular flexibility index (Phi) is 4.40. The molecule has 0 aliphatic heterocycles. The predicted molar refractivity (Wildman–Crippen MR) is 79.7 cm³/mol. The molecule has 0 spiro atoms. The number of nitrogens with one attached hydrogen (secondary N) is 1. The minimum absolute atomic E-state index is 0.240. The average Bonchev–Trinajstić information content (AvgIpc) is 2.77. The van der Waals surface area contributed by atoms with Crippen LogP contribution in [0.5, 0.6) is 0 Å². The van der Waals surface area contributed by atoms with Crippen molar-refractivity contribution in [3.8, 4) is 5.69 Å². The van der Waals surface area contributed by atoms with Crippen LogP contribution in [-0.4, -0.2) is 22.7 Å². The summed E-state index contributed by atoms with van der Waals surface area (Å²) in [4.78, 5) is 11.6. The number of carbonyl (C=O) groups excluding carboxylic acids is 1. The maximum Gasteiger partial charge on any atom is 0.255 e. The molecular weight excluding hydrogens is 376 g/mol. The van der Waals surface area contributed by atoms with Gasteiger partial charge in [0.15, 0.2) is 0 Å². The summed E-state index contributed by atoms with van der Waals surface area (Å²) in [7, 11) is 1.54. The van der Waals surface area contributed by atoms with Crippen LogP contribution in [0.3, 0.4) is 0 Å². The quantitative estimate of drug-likeness (QED) is 0.798. The molecule has 1 amide bonds. The van der Waals surface area contributed by atoms with Crippen molar-refractivity contribution in [2.45, 2.75) is 0 Å². The van der Waals surface area contributed by atoms with Gasteiger partial charge in [0, 0.05) is 7.05 Å². The van der Waals surface area contributed by atoms with Gasteiger partial charge in [0.2, 0.25) is 0 Å². The van der Waals surface area contributed by atoms with Gasteiger partial charge < -0.3 is 5.32 Å². The lowest BCUT2D eigenvalue weighted by atomic mass is 10.3. The highest BCUT2D eigenvalue weighted by Gasteiger charge is 2.18. The summed E-state index contributed by atoms with van der Waals surface area (Å²) in [5, 5.41) is 7.49. The Morgan fingerprint density at radius 1 is 1.32 bits per heavy atom. The second kappa shape index (κ2) is 5.71. The molecule has 1 aromatic heterocycles. The lowest BCUT2D eigenvalue weighted by Crippen LogP contribution is -2.17. The van der Waals surface area contributed by atoms with Crippen molar-refractivity contribution in [2.24, 2.45) is 0 Å². The Labute approximate surface area is 132 Å². The van der Waals surface area contributed by atoms with Gasteiger partial charge in [0.05, 0.1) is 32.5 Å². The number of hydrogen-bond acceptors (Lipinski definition) is 2. The number of halogens is 4. The highest BCUT2D eigenvalue weighted by atomic mass is 79.9. The van der Waals surface area contributed by atoms with E-state index < -0.39 is 0 Å². The van der Waals surface area contributed by atoms with Gasteiger partial charge in [0.25, 0.3) is 5.91 Å². The Morgan fingerprint density at radius 2 is 2.00 bits per heavy atom. The number of carbonyl (C=O) groups is 1. The Bertz CT molecular complexity index is 657. The van der Waals surface area contributed by atoms with E-state index in [1.807, 2.05) is 0 Å². The third-order valence-corrected chi connectivity index (χ3v) is 4.47. The smallest absolute Gasteiger partial charge is 0.255 e. The second-order valence-electron chi connectivity index (χ2n) is 3.53. The molecule has 2 aromatic rings. The standard InChI is InChI=1S/C11H7BrCl3N3O/c1-16-11(19)5-4-17-18(10(5)12)7-3-2-6(13)8(14)9(7)15/h2-4H,1H3,(H,16,19). The third kappa shape index (κ3) is 2.60. The number of nitrogens with zero attached hydrogens (tertiary/aromatic N) is 2. The van der Waals surface area contributed by atoms with Gasteiger partial charge in [-0.1, -0.05) is 34.8 Å². The molecule has 0 unspecified atom stereocenters. The van der Waals surface area contributed by atoms with E-state index in [0.29, 0.717) is 20.9 Å². The van der Waals surface area contributed by atoms with Gasteiger partial charge in [-0.25, -0.2) is 4.68 Å². The number of rotatable bonds is 2. The van der Waals surface area contributed by atoms with Gasteiger partial charge in [-0.2, -0.15) is 5.10 Å². The first-order chi connectivity index (χ1) is 8.97. The zero-order valence-corrected chi connectivity index (χ0v) is 13.4. The molecule has 0 bridgehead atoms. The SMILES string of the molecule is CNC(=O)c1cnn(-c2ccc(Cl)c(Cl)c2Cl)c1Br. The van der Waals surface area contributed by atoms with Gasteiger partial charge in [-0.3, -0.25) is 4.79 Å². The Hall–Kier alpha value is -0.750. The summed E-state index contributed by atoms with van der Waals surface area (Å²) >= 11 is 21.3. The van der Waals surface area contributed by atoms with E-state index in [4.69, 9.17) is 34.8 Å². The minimum Gasteiger partial charge on any atom is -0.355 e. The van der Waals surface area contributed by atoms with Crippen LogP contribution in [0.25, 0.3) is 5.69 Å². The van der Waals surface area contributed by atoms with Crippen LogP contribution in [0.4, 0.5) is 0 Å². The Balaban J connectivity index is 2.58. The maximum atomic E-state index is 11.6. The first kappa shape index (κ1) is 14.7. The molecule has 2 rings (SSSR count). The Morgan fingerprint density at radius 3 is 2.63 bits per heavy atom. The van der Waals surface area contributed by atoms with Crippen molar-refractivity contribution in [2.75, 3.05) is 7.05 Å². The van der Waals surface area contributed by atoms with Crippen LogP contribution in [0.1, 0.15) is 10.4 Å². The van der Waals surface area contributed by atoms with Crippen LogP contribution in [-0.2, 0) is 0 Å². The molecule has 0 radical (unpaired) electrons. The fourth-order valence-electron chi connectivity index (χ4n) is 1.47. The van der Waals surface area contributed by atoms with E-state index in [-0.39, 0.29) is 16.0 Å². The van der Waals surface area contributed by atoms with Crippen LogP contribution in [0.2, 0.25) is 15.1 Å². The number of hydrogen-bond donors (Lipinski definition) is 1. The van der Waals surface area contributed by atoms with E-state index in [2.05, 4.69) is 26.3 Å². The predicted octanol–water partition coefficient (Wildman–Crippen LogP) is 3.95. The lowest BCUT2D eigenvalue weighted by Gasteiger charge is -2.08. The molecule has 0 saturated carbocycles. The van der Waals surface area contributed by atoms with Crippen molar-refractivity contribution >= 4 is 56.6 Å². The summed E-state index contributed by atoms with van der Waals surface area (Å²) < 4.78 is 1.95. The molecule has 0 fully saturated rings. The summed E-state index contributed by atoms with van der Waals surface area (Å²) in [6, 6.07) is 3.28. The van der Waals surface area contributed by atoms with Gasteiger partial charge in [-0.15, -0.1) is 0 Å². The molecule has 0 atom stereocenters. The molecular formula is C11H7BrCl3N3O. The van der Waals surface area contributed by atoms with Gasteiger partial charge >= 0.3 is 0 Å². The summed E-state index contributed by atoms with van der Waals surface area (Å²) in [6.07, 6.45) is 1.43. The van der Waals surface area contributed by atoms with Crippen LogP contribution >= 0.6 is 50.7 Å². The van der Waals surface area contributed by atoms with Crippen LogP contribution in [0, 0.1) is 0 Å². The molecule has 1 heterocycles. The van der Waals surface area contributed by atoms with E-state index in [9.17, 15) is 4.79 Å². The fraction of sp³-hybridized carbons (Fsp3) is 0.0909. The van der Waals surface area contributed by atoms with Crippen LogP contribution in [0.15, 0.2) is 22.9 Å². The van der Waals surface area contributed by atoms with Crippen LogP contribution < -0.4 is 5.32 Å². The van der Waals surface area contributed by atoms with E-state index in [1.165, 1.54) is 17.9 Å². The van der Waals surface area contributed by atoms with E-state index in [1.54, 1.807) is 12.1 Å². The van der Waals surface area contributed by atoms with Gasteiger partial charge in [0.1, 0.15) is 4.60 Å². The molecule has 1 aromatic carbocycles. The summed E-state index contributed by atoms with van der Waals surface area (Å²) in [5.74, 6) is -0.255. The lowest BCUT2D eigenvalue weighted by molar-refractivity contribution is 0.0962. The molecule has 0 aliphatic rings. The maximum absolute atomic E-state index is 11.6. The number of benzene rings is 1. The van der Waals surface area contributed by atoms with E-state index in [0.717, 1.165) is 0 Å². The molecule has 19 heavy (non-hydrogen) atoms. The summed E-state index contributed by atoms with van der Waals surface area (Å²) in [6.45, 7) is 0. The zero-order valence-electron chi connectivity index (χ0n) is 9.55. The third-order valence-electron chi connectivity index (χ3n) is 2.43. The highest BCUT2D eigenvalue weighted by Crippen LogP contribution is 2.35. The molecule has 1 N–H and O–H groups in total. The normalized spacial score (nSPS) is 10.6. The molecule has 0 saturated heterocycles. The van der Waals surface area contributed by atoms with Crippen molar-refractivity contribution in [3.63, 3.8) is 0 Å². The number of amides is 1. The first-order valence-electron chi connectivity index (χ1n) is 5.06. The molecule has 0 aliphatic carbocycles. The molecule has 4 nitrogen and oxygen atoms in total. The molecule has 100 valence electrons. The van der Waals surface area contributed by atoms with Crippen molar-refractivity contribution < 1.29 is 4.79 Å². The monoisotopic (exact) mass is 381 g/mol. The summed E-state index contributed by atoms with van der Waals surface area (Å²) in [5.41, 5.74) is 0.919. The minimum atomic E-state index is -0.255. The first-order valence-corrected chi connectivity index (χ1v) is 6.99.